The molecule has 0 aromatic rings. The summed E-state index contributed by atoms with van der Waals surface area (Å²) in [5.41, 5.74) is 0. The Labute approximate surface area is 78.3 Å². The topological polar surface area (TPSA) is 49.9 Å². The highest BCUT2D eigenvalue weighted by atomic mass is 16.5. The van der Waals surface area contributed by atoms with E-state index in [0.29, 0.717) is 6.54 Å². The number of nitrogens with zero attached hydrogens (tertiary/aromatic N) is 2. The fraction of sp³-hybridized carbons (Fsp3) is 0.750. The molecule has 0 atom stereocenters. The van der Waals surface area contributed by atoms with Crippen molar-refractivity contribution in [1.82, 2.24) is 9.80 Å². The molecule has 0 aromatic heterocycles. The Bertz CT molecular complexity index is 192. The SMILES string of the molecule is COC(=O)CCN(C)C(=O)N(C)C. The smallest absolute Gasteiger partial charge is 0.319 e. The second-order valence-corrected chi connectivity index (χ2v) is 2.92. The first-order valence-corrected chi connectivity index (χ1v) is 3.98. The second kappa shape index (κ2) is 5.40. The van der Waals surface area contributed by atoms with Gasteiger partial charge in [-0.05, 0) is 0 Å². The van der Waals surface area contributed by atoms with Crippen LogP contribution in [-0.2, 0) is 9.53 Å². The molecule has 2 amide bonds. The Morgan fingerprint density at radius 2 is 1.77 bits per heavy atom. The number of esters is 1. The van der Waals surface area contributed by atoms with E-state index in [1.807, 2.05) is 0 Å². The molecule has 0 radical (unpaired) electrons. The maximum absolute atomic E-state index is 11.2. The monoisotopic (exact) mass is 188 g/mol. The first kappa shape index (κ1) is 11.7. The highest BCUT2D eigenvalue weighted by Gasteiger charge is 2.11. The van der Waals surface area contributed by atoms with Crippen molar-refractivity contribution in [3.8, 4) is 0 Å². The molecule has 0 rings (SSSR count). The summed E-state index contributed by atoms with van der Waals surface area (Å²) in [6.07, 6.45) is 0.229. The lowest BCUT2D eigenvalue weighted by atomic mass is 10.4. The summed E-state index contributed by atoms with van der Waals surface area (Å²) in [6, 6.07) is -0.121. The van der Waals surface area contributed by atoms with Gasteiger partial charge in [-0.25, -0.2) is 4.79 Å². The molecule has 0 N–H and O–H groups in total. The number of rotatable bonds is 3. The summed E-state index contributed by atoms with van der Waals surface area (Å²) in [5, 5.41) is 0. The second-order valence-electron chi connectivity index (χ2n) is 2.92. The maximum Gasteiger partial charge on any atom is 0.319 e. The molecule has 0 heterocycles. The number of urea groups is 1. The van der Waals surface area contributed by atoms with Gasteiger partial charge >= 0.3 is 12.0 Å². The number of hydrogen-bond acceptors (Lipinski definition) is 3. The van der Waals surface area contributed by atoms with Crippen LogP contribution in [0.15, 0.2) is 0 Å². The van der Waals surface area contributed by atoms with Gasteiger partial charge in [-0.1, -0.05) is 0 Å². The number of carbonyl (C=O) groups excluding carboxylic acids is 2. The fourth-order valence-electron chi connectivity index (χ4n) is 0.798. The van der Waals surface area contributed by atoms with E-state index in [9.17, 15) is 9.59 Å². The van der Waals surface area contributed by atoms with Crippen LogP contribution in [0.4, 0.5) is 4.79 Å². The van der Waals surface area contributed by atoms with Crippen molar-refractivity contribution in [3.05, 3.63) is 0 Å². The minimum Gasteiger partial charge on any atom is -0.469 e. The highest BCUT2D eigenvalue weighted by molar-refractivity contribution is 5.75. The summed E-state index contributed by atoms with van der Waals surface area (Å²) in [4.78, 5) is 24.9. The number of hydrogen-bond donors (Lipinski definition) is 0. The van der Waals surface area contributed by atoms with Gasteiger partial charge in [-0.15, -0.1) is 0 Å². The van der Waals surface area contributed by atoms with Crippen LogP contribution in [-0.4, -0.2) is 56.6 Å². The summed E-state index contributed by atoms with van der Waals surface area (Å²) < 4.78 is 4.45. The average molecular weight is 188 g/mol. The third-order valence-electron chi connectivity index (χ3n) is 1.59. The largest absolute Gasteiger partial charge is 0.469 e. The molecule has 0 fully saturated rings. The molecule has 0 aliphatic carbocycles. The van der Waals surface area contributed by atoms with Gasteiger partial charge in [0.15, 0.2) is 0 Å². The number of methoxy groups -OCH3 is 1. The average Bonchev–Trinajstić information content (AvgIpc) is 2.11. The van der Waals surface area contributed by atoms with Crippen molar-refractivity contribution < 1.29 is 14.3 Å². The summed E-state index contributed by atoms with van der Waals surface area (Å²) in [5.74, 6) is -0.307. The quantitative estimate of drug-likeness (QED) is 0.593. The molecule has 0 aliphatic heterocycles. The van der Waals surface area contributed by atoms with Crippen LogP contribution in [0.5, 0.6) is 0 Å². The normalized spacial score (nSPS) is 9.23. The standard InChI is InChI=1S/C8H16N2O3/c1-9(2)8(12)10(3)6-5-7(11)13-4/h5-6H2,1-4H3. The van der Waals surface area contributed by atoms with Crippen molar-refractivity contribution in [2.75, 3.05) is 34.8 Å². The van der Waals surface area contributed by atoms with Crippen LogP contribution >= 0.6 is 0 Å². The number of carbonyl (C=O) groups is 2. The summed E-state index contributed by atoms with van der Waals surface area (Å²) in [7, 11) is 6.30. The van der Waals surface area contributed by atoms with E-state index < -0.39 is 0 Å². The van der Waals surface area contributed by atoms with Gasteiger partial charge in [-0.2, -0.15) is 0 Å². The van der Waals surface area contributed by atoms with Crippen molar-refractivity contribution in [3.63, 3.8) is 0 Å². The molecule has 76 valence electrons. The van der Waals surface area contributed by atoms with E-state index in [1.54, 1.807) is 21.1 Å². The molecule has 0 spiro atoms. The van der Waals surface area contributed by atoms with Crippen LogP contribution in [0.2, 0.25) is 0 Å². The van der Waals surface area contributed by atoms with E-state index in [0.717, 1.165) is 0 Å². The van der Waals surface area contributed by atoms with E-state index in [-0.39, 0.29) is 18.4 Å². The van der Waals surface area contributed by atoms with Crippen molar-refractivity contribution in [1.29, 1.82) is 0 Å². The van der Waals surface area contributed by atoms with Gasteiger partial charge in [-0.3, -0.25) is 4.79 Å². The maximum atomic E-state index is 11.2. The summed E-state index contributed by atoms with van der Waals surface area (Å²) >= 11 is 0. The molecular formula is C8H16N2O3. The zero-order chi connectivity index (χ0) is 10.4. The van der Waals surface area contributed by atoms with Crippen molar-refractivity contribution in [2.24, 2.45) is 0 Å². The number of amides is 2. The fourth-order valence-corrected chi connectivity index (χ4v) is 0.798. The minimum atomic E-state index is -0.307. The third-order valence-corrected chi connectivity index (χ3v) is 1.59. The van der Waals surface area contributed by atoms with E-state index >= 15 is 0 Å². The van der Waals surface area contributed by atoms with Gasteiger partial charge in [0, 0.05) is 27.7 Å². The Kier molecular flexibility index (Phi) is 4.87. The van der Waals surface area contributed by atoms with Crippen LogP contribution < -0.4 is 0 Å². The van der Waals surface area contributed by atoms with Crippen LogP contribution in [0.1, 0.15) is 6.42 Å². The lowest BCUT2D eigenvalue weighted by molar-refractivity contribution is -0.140. The van der Waals surface area contributed by atoms with Crippen LogP contribution in [0.3, 0.4) is 0 Å². The van der Waals surface area contributed by atoms with Crippen LogP contribution in [0, 0.1) is 0 Å². The molecule has 5 heteroatoms. The minimum absolute atomic E-state index is 0.121. The molecular weight excluding hydrogens is 172 g/mol. The molecule has 0 aromatic carbocycles. The van der Waals surface area contributed by atoms with Gasteiger partial charge < -0.3 is 14.5 Å². The Morgan fingerprint density at radius 3 is 2.15 bits per heavy atom. The summed E-state index contributed by atoms with van der Waals surface area (Å²) in [6.45, 7) is 0.379. The zero-order valence-electron chi connectivity index (χ0n) is 8.53. The van der Waals surface area contributed by atoms with Crippen molar-refractivity contribution in [2.45, 2.75) is 6.42 Å². The number of ether oxygens (including phenoxy) is 1. The van der Waals surface area contributed by atoms with Gasteiger partial charge in [0.2, 0.25) is 0 Å². The predicted octanol–water partition coefficient (Wildman–Crippen LogP) is 0.163. The highest BCUT2D eigenvalue weighted by Crippen LogP contribution is 1.94. The van der Waals surface area contributed by atoms with E-state index in [2.05, 4.69) is 4.74 Å². The molecule has 5 nitrogen and oxygen atoms in total. The third kappa shape index (κ3) is 4.35. The molecule has 13 heavy (non-hydrogen) atoms. The lowest BCUT2D eigenvalue weighted by Gasteiger charge is -2.20. The predicted molar refractivity (Wildman–Crippen MR) is 48.3 cm³/mol. The Hall–Kier alpha value is -1.26. The Morgan fingerprint density at radius 1 is 1.23 bits per heavy atom. The van der Waals surface area contributed by atoms with E-state index in [1.165, 1.54) is 16.9 Å². The zero-order valence-corrected chi connectivity index (χ0v) is 8.53. The first-order valence-electron chi connectivity index (χ1n) is 3.98. The van der Waals surface area contributed by atoms with Gasteiger partial charge in [0.05, 0.1) is 13.5 Å². The molecule has 0 saturated carbocycles. The molecule has 0 saturated heterocycles. The first-order chi connectivity index (χ1) is 5.99. The molecule has 0 bridgehead atoms. The van der Waals surface area contributed by atoms with Crippen molar-refractivity contribution >= 4 is 12.0 Å². The lowest BCUT2D eigenvalue weighted by Crippen LogP contribution is -2.37. The van der Waals surface area contributed by atoms with Gasteiger partial charge in [0.1, 0.15) is 0 Å². The van der Waals surface area contributed by atoms with Crippen LogP contribution in [0.25, 0.3) is 0 Å². The van der Waals surface area contributed by atoms with Gasteiger partial charge in [0.25, 0.3) is 0 Å². The van der Waals surface area contributed by atoms with E-state index in [4.69, 9.17) is 0 Å². The molecule has 0 unspecified atom stereocenters. The Balaban J connectivity index is 3.81. The molecule has 0 aliphatic rings.